The summed E-state index contributed by atoms with van der Waals surface area (Å²) in [6.07, 6.45) is 7.73. The number of nitrogens with zero attached hydrogens (tertiary/aromatic N) is 2. The van der Waals surface area contributed by atoms with Crippen LogP contribution >= 0.6 is 0 Å². The van der Waals surface area contributed by atoms with Gasteiger partial charge in [0.05, 0.1) is 27.7 Å². The van der Waals surface area contributed by atoms with Gasteiger partial charge in [-0.15, -0.1) is 13.0 Å². The first-order valence-corrected chi connectivity index (χ1v) is 8.67. The highest BCUT2D eigenvalue weighted by atomic mass is 16.5. The van der Waals surface area contributed by atoms with Gasteiger partial charge in [-0.25, -0.2) is 0 Å². The van der Waals surface area contributed by atoms with E-state index in [9.17, 15) is 0 Å². The number of hydrogen-bond donors (Lipinski definition) is 0. The highest BCUT2D eigenvalue weighted by Crippen LogP contribution is 2.35. The average Bonchev–Trinajstić information content (AvgIpc) is 2.63. The predicted molar refractivity (Wildman–Crippen MR) is 113 cm³/mol. The molecule has 136 valence electrons. The third kappa shape index (κ3) is 3.99. The van der Waals surface area contributed by atoms with Gasteiger partial charge in [0.2, 0.25) is 0 Å². The van der Waals surface area contributed by atoms with E-state index in [1.54, 1.807) is 6.08 Å². The minimum absolute atomic E-state index is 0.372. The lowest BCUT2D eigenvalue weighted by atomic mass is 9.86. The molecule has 0 fully saturated rings. The van der Waals surface area contributed by atoms with Crippen LogP contribution in [0.1, 0.15) is 11.1 Å². The second kappa shape index (κ2) is 7.78. The topological polar surface area (TPSA) is 12.5 Å². The quantitative estimate of drug-likeness (QED) is 0.425. The molecule has 3 nitrogen and oxygen atoms in total. The summed E-state index contributed by atoms with van der Waals surface area (Å²) in [5.41, 5.74) is 3.25. The Morgan fingerprint density at radius 1 is 1.04 bits per heavy atom. The molecule has 3 heteroatoms. The summed E-state index contributed by atoms with van der Waals surface area (Å²) in [4.78, 5) is 2.06. The smallest absolute Gasteiger partial charge is 0.179 e. The number of rotatable bonds is 7. The average molecular weight is 349 g/mol. The minimum atomic E-state index is -0.942. The van der Waals surface area contributed by atoms with Gasteiger partial charge in [0.1, 0.15) is 5.69 Å². The van der Waals surface area contributed by atoms with E-state index in [1.807, 2.05) is 26.2 Å². The maximum Gasteiger partial charge on any atom is 0.179 e. The molecule has 1 atom stereocenters. The molecule has 0 bridgehead atoms. The Labute approximate surface area is 158 Å². The van der Waals surface area contributed by atoms with E-state index in [0.717, 1.165) is 21.3 Å². The Morgan fingerprint density at radius 3 is 1.92 bits per heavy atom. The predicted octanol–water partition coefficient (Wildman–Crippen LogP) is 4.03. The fourth-order valence-electron chi connectivity index (χ4n) is 2.86. The first-order valence-electron chi connectivity index (χ1n) is 8.67. The molecule has 0 aliphatic heterocycles. The van der Waals surface area contributed by atoms with Crippen LogP contribution < -0.4 is 9.38 Å². The fraction of sp³-hybridized carbons (Fsp3) is 0.304. The SMILES string of the molecule is C#CC(OCC=C)(c1ccc(N(C)C)cc1)c1ccc([N+](C)(C)C)cc1. The number of ether oxygens (including phenoxy) is 1. The molecule has 0 saturated carbocycles. The van der Waals surface area contributed by atoms with Crippen molar-refractivity contribution in [3.8, 4) is 12.3 Å². The summed E-state index contributed by atoms with van der Waals surface area (Å²) in [6.45, 7) is 4.14. The molecule has 0 aromatic heterocycles. The zero-order valence-corrected chi connectivity index (χ0v) is 16.5. The normalized spacial score (nSPS) is 13.5. The van der Waals surface area contributed by atoms with Crippen LogP contribution in [0.4, 0.5) is 11.4 Å². The van der Waals surface area contributed by atoms with E-state index >= 15 is 0 Å². The van der Waals surface area contributed by atoms with E-state index in [2.05, 4.69) is 74.9 Å². The number of hydrogen-bond acceptors (Lipinski definition) is 2. The monoisotopic (exact) mass is 349 g/mol. The Hall–Kier alpha value is -2.54. The van der Waals surface area contributed by atoms with Crippen molar-refractivity contribution < 1.29 is 4.74 Å². The summed E-state index contributed by atoms with van der Waals surface area (Å²) < 4.78 is 6.90. The van der Waals surface area contributed by atoms with Crippen LogP contribution in [0, 0.1) is 12.3 Å². The maximum atomic E-state index is 6.15. The lowest BCUT2D eigenvalue weighted by molar-refractivity contribution is 0.0467. The number of benzene rings is 2. The van der Waals surface area contributed by atoms with Gasteiger partial charge in [-0.05, 0) is 36.4 Å². The van der Waals surface area contributed by atoms with Crippen molar-refractivity contribution in [3.05, 3.63) is 72.3 Å². The van der Waals surface area contributed by atoms with E-state index < -0.39 is 5.60 Å². The Bertz CT molecular complexity index is 777. The largest absolute Gasteiger partial charge is 0.378 e. The van der Waals surface area contributed by atoms with Crippen molar-refractivity contribution in [2.45, 2.75) is 5.60 Å². The standard InChI is InChI=1S/C23H29N2O/c1-8-18-26-23(9-2,19-10-14-21(15-11-19)24(3)4)20-12-16-22(17-13-20)25(5,6)7/h2,8,10-17H,1,18H2,3-7H3/q+1. The van der Waals surface area contributed by atoms with Crippen LogP contribution in [-0.4, -0.2) is 41.8 Å². The first-order chi connectivity index (χ1) is 12.2. The van der Waals surface area contributed by atoms with Gasteiger partial charge in [-0.1, -0.05) is 24.1 Å². The van der Waals surface area contributed by atoms with Crippen molar-refractivity contribution in [2.75, 3.05) is 46.7 Å². The zero-order valence-electron chi connectivity index (χ0n) is 16.5. The summed E-state index contributed by atoms with van der Waals surface area (Å²) in [5, 5.41) is 0. The lowest BCUT2D eigenvalue weighted by Gasteiger charge is -2.31. The molecule has 26 heavy (non-hydrogen) atoms. The molecule has 2 rings (SSSR count). The Balaban J connectivity index is 2.54. The lowest BCUT2D eigenvalue weighted by Crippen LogP contribution is -2.35. The number of anilines is 1. The molecule has 1 unspecified atom stereocenters. The minimum Gasteiger partial charge on any atom is -0.378 e. The molecule has 0 aliphatic carbocycles. The van der Waals surface area contributed by atoms with Gasteiger partial charge in [0.15, 0.2) is 5.60 Å². The van der Waals surface area contributed by atoms with Gasteiger partial charge >= 0.3 is 0 Å². The van der Waals surface area contributed by atoms with Crippen LogP contribution in [0.3, 0.4) is 0 Å². The first kappa shape index (κ1) is 19.8. The maximum absolute atomic E-state index is 6.15. The molecule has 0 spiro atoms. The molecule has 0 heterocycles. The van der Waals surface area contributed by atoms with Gasteiger partial charge in [0.25, 0.3) is 0 Å². The summed E-state index contributed by atoms with van der Waals surface area (Å²) >= 11 is 0. The molecule has 0 aliphatic rings. The van der Waals surface area contributed by atoms with Gasteiger partial charge in [-0.2, -0.15) is 0 Å². The van der Waals surface area contributed by atoms with Crippen molar-refractivity contribution >= 4 is 11.4 Å². The molecular formula is C23H29N2O+. The number of quaternary nitrogens is 1. The van der Waals surface area contributed by atoms with E-state index in [0.29, 0.717) is 6.61 Å². The van der Waals surface area contributed by atoms with Crippen molar-refractivity contribution in [3.63, 3.8) is 0 Å². The molecule has 0 N–H and O–H groups in total. The molecule has 0 saturated heterocycles. The molecule has 0 amide bonds. The van der Waals surface area contributed by atoms with Crippen LogP contribution in [-0.2, 0) is 10.3 Å². The number of terminal acetylenes is 1. The third-order valence-electron chi connectivity index (χ3n) is 4.46. The van der Waals surface area contributed by atoms with Crippen LogP contribution in [0.2, 0.25) is 0 Å². The zero-order chi connectivity index (χ0) is 19.4. The second-order valence-corrected chi connectivity index (χ2v) is 7.43. The van der Waals surface area contributed by atoms with Crippen LogP contribution in [0.5, 0.6) is 0 Å². The van der Waals surface area contributed by atoms with Gasteiger partial charge in [-0.3, -0.25) is 4.48 Å². The van der Waals surface area contributed by atoms with Gasteiger partial charge < -0.3 is 9.64 Å². The third-order valence-corrected chi connectivity index (χ3v) is 4.46. The van der Waals surface area contributed by atoms with E-state index in [1.165, 1.54) is 5.69 Å². The van der Waals surface area contributed by atoms with Crippen molar-refractivity contribution in [2.24, 2.45) is 0 Å². The summed E-state index contributed by atoms with van der Waals surface area (Å²) in [6, 6.07) is 16.5. The molecule has 2 aromatic carbocycles. The fourth-order valence-corrected chi connectivity index (χ4v) is 2.86. The summed E-state index contributed by atoms with van der Waals surface area (Å²) in [7, 11) is 10.4. The molecular weight excluding hydrogens is 320 g/mol. The Kier molecular flexibility index (Phi) is 5.92. The highest BCUT2D eigenvalue weighted by Gasteiger charge is 2.33. The molecule has 2 aromatic rings. The molecule has 0 radical (unpaired) electrons. The van der Waals surface area contributed by atoms with E-state index in [-0.39, 0.29) is 0 Å². The van der Waals surface area contributed by atoms with Crippen LogP contribution in [0.25, 0.3) is 0 Å². The highest BCUT2D eigenvalue weighted by molar-refractivity contribution is 5.53. The van der Waals surface area contributed by atoms with Gasteiger partial charge in [0, 0.05) is 30.9 Å². The van der Waals surface area contributed by atoms with E-state index in [4.69, 9.17) is 11.2 Å². The van der Waals surface area contributed by atoms with Crippen molar-refractivity contribution in [1.29, 1.82) is 0 Å². The van der Waals surface area contributed by atoms with Crippen molar-refractivity contribution in [1.82, 2.24) is 4.48 Å². The Morgan fingerprint density at radius 2 is 1.54 bits per heavy atom. The van der Waals surface area contributed by atoms with Crippen LogP contribution in [0.15, 0.2) is 61.2 Å². The second-order valence-electron chi connectivity index (χ2n) is 7.43. The summed E-state index contributed by atoms with van der Waals surface area (Å²) in [5.74, 6) is 2.90.